The van der Waals surface area contributed by atoms with Crippen LogP contribution in [0.4, 0.5) is 13.2 Å². The summed E-state index contributed by atoms with van der Waals surface area (Å²) in [5.74, 6) is -5.12. The highest BCUT2D eigenvalue weighted by Crippen LogP contribution is 2.22. The van der Waals surface area contributed by atoms with E-state index in [0.29, 0.717) is 21.1 Å². The Morgan fingerprint density at radius 1 is 1.14 bits per heavy atom. The number of carboxylic acids is 2. The molecule has 194 valence electrons. The number of amides is 1. The lowest BCUT2D eigenvalue weighted by Gasteiger charge is -2.11. The number of nitrogens with two attached hydrogens (primary N) is 1. The van der Waals surface area contributed by atoms with Gasteiger partial charge in [0.05, 0.1) is 6.61 Å². The maximum absolute atomic E-state index is 12.3. The van der Waals surface area contributed by atoms with Gasteiger partial charge in [-0.25, -0.2) is 14.4 Å². The van der Waals surface area contributed by atoms with E-state index in [4.69, 9.17) is 36.0 Å². The number of alkyl halides is 3. The Hall–Kier alpha value is -4.24. The Morgan fingerprint density at radius 2 is 1.69 bits per heavy atom. The van der Waals surface area contributed by atoms with E-state index in [-0.39, 0.29) is 11.4 Å². The maximum atomic E-state index is 12.3. The molecule has 2 aromatic rings. The molecule has 1 aromatic heterocycles. The molecule has 2 rings (SSSR count). The molecule has 0 aliphatic carbocycles. The van der Waals surface area contributed by atoms with Gasteiger partial charge in [-0.1, -0.05) is 0 Å². The standard InChI is InChI=1S/C19H19N3O6S.C2HF3O2/c1-10(17(24)22-14(9-23)18(25)26)8-13-6-7-15(29-13)19(27)28-12-4-2-11(3-5-12)16(20)21;3-2(4,5)1(6)7/h2-8,14,23H,9H2,1H3,(H3,20,21)(H,22,24)(H,25,26);(H,6,7)/b10-8+;/t14-;/m0./s1. The van der Waals surface area contributed by atoms with Gasteiger partial charge in [0.25, 0.3) is 0 Å². The van der Waals surface area contributed by atoms with Gasteiger partial charge in [-0.2, -0.15) is 13.2 Å². The van der Waals surface area contributed by atoms with Crippen molar-refractivity contribution < 1.29 is 52.4 Å². The van der Waals surface area contributed by atoms with Gasteiger partial charge >= 0.3 is 24.1 Å². The zero-order valence-electron chi connectivity index (χ0n) is 18.3. The number of esters is 1. The molecule has 1 amide bonds. The third-order valence-electron chi connectivity index (χ3n) is 3.95. The number of carboxylic acid groups (broad SMARTS) is 2. The number of nitrogens with one attached hydrogen (secondary N) is 2. The number of benzene rings is 1. The first kappa shape index (κ1) is 29.8. The number of aliphatic hydroxyl groups excluding tert-OH is 1. The highest BCUT2D eigenvalue weighted by atomic mass is 32.1. The van der Waals surface area contributed by atoms with E-state index in [9.17, 15) is 27.6 Å². The number of carbonyl (C=O) groups excluding carboxylic acids is 2. The topological polar surface area (TPSA) is 200 Å². The second kappa shape index (κ2) is 13.0. The predicted molar refractivity (Wildman–Crippen MR) is 121 cm³/mol. The Labute approximate surface area is 205 Å². The molecule has 15 heteroatoms. The Morgan fingerprint density at radius 3 is 2.14 bits per heavy atom. The van der Waals surface area contributed by atoms with Crippen LogP contribution in [0.15, 0.2) is 42.0 Å². The van der Waals surface area contributed by atoms with Gasteiger partial charge in [0.15, 0.2) is 6.04 Å². The van der Waals surface area contributed by atoms with Gasteiger partial charge in [-0.15, -0.1) is 11.3 Å². The smallest absolute Gasteiger partial charge is 0.480 e. The zero-order chi connectivity index (χ0) is 27.6. The molecule has 0 saturated carbocycles. The number of hydrogen-bond acceptors (Lipinski definition) is 8. The van der Waals surface area contributed by atoms with Crippen LogP contribution in [0.3, 0.4) is 0 Å². The third-order valence-corrected chi connectivity index (χ3v) is 4.96. The van der Waals surface area contributed by atoms with Crippen molar-refractivity contribution in [3.8, 4) is 5.75 Å². The number of thiophene rings is 1. The number of rotatable bonds is 8. The van der Waals surface area contributed by atoms with Crippen molar-refractivity contribution >= 4 is 47.1 Å². The van der Waals surface area contributed by atoms with Crippen LogP contribution in [0, 0.1) is 5.41 Å². The monoisotopic (exact) mass is 531 g/mol. The molecule has 0 aliphatic heterocycles. The van der Waals surface area contributed by atoms with E-state index in [1.54, 1.807) is 24.3 Å². The number of aliphatic hydroxyl groups is 1. The molecule has 36 heavy (non-hydrogen) atoms. The number of amidine groups is 1. The van der Waals surface area contributed by atoms with E-state index in [1.807, 2.05) is 0 Å². The predicted octanol–water partition coefficient (Wildman–Crippen LogP) is 1.85. The van der Waals surface area contributed by atoms with Crippen molar-refractivity contribution in [1.29, 1.82) is 5.41 Å². The molecule has 0 spiro atoms. The number of aliphatic carboxylic acids is 2. The van der Waals surface area contributed by atoms with Crippen LogP contribution in [0.1, 0.15) is 27.0 Å². The SMILES string of the molecule is C/C(=C\c1ccc(C(=O)Oc2ccc(C(=N)N)cc2)s1)C(=O)N[C@@H](CO)C(=O)O.O=C(O)C(F)(F)F. The second-order valence-corrected chi connectivity index (χ2v) is 7.82. The molecule has 11 nitrogen and oxygen atoms in total. The van der Waals surface area contributed by atoms with Crippen LogP contribution in [-0.4, -0.2) is 63.8 Å². The second-order valence-electron chi connectivity index (χ2n) is 6.71. The van der Waals surface area contributed by atoms with Crippen LogP contribution in [0.5, 0.6) is 5.75 Å². The lowest BCUT2D eigenvalue weighted by Crippen LogP contribution is -2.43. The minimum Gasteiger partial charge on any atom is -0.480 e. The van der Waals surface area contributed by atoms with E-state index < -0.39 is 42.6 Å². The molecular formula is C21H20F3N3O8S. The van der Waals surface area contributed by atoms with E-state index in [0.717, 1.165) is 11.3 Å². The molecule has 0 bridgehead atoms. The van der Waals surface area contributed by atoms with Crippen LogP contribution in [-0.2, 0) is 14.4 Å². The zero-order valence-corrected chi connectivity index (χ0v) is 19.1. The summed E-state index contributed by atoms with van der Waals surface area (Å²) in [5, 5.41) is 34.5. The Balaban J connectivity index is 0.000000809. The van der Waals surface area contributed by atoms with Crippen molar-refractivity contribution in [2.75, 3.05) is 6.61 Å². The van der Waals surface area contributed by atoms with Crippen molar-refractivity contribution in [2.45, 2.75) is 19.1 Å². The summed E-state index contributed by atoms with van der Waals surface area (Å²) < 4.78 is 37.0. The molecule has 0 unspecified atom stereocenters. The molecule has 0 fully saturated rings. The molecule has 1 aromatic carbocycles. The largest absolute Gasteiger partial charge is 0.490 e. The van der Waals surface area contributed by atoms with Gasteiger partial charge in [0.1, 0.15) is 16.5 Å². The first-order valence-electron chi connectivity index (χ1n) is 9.55. The fraction of sp³-hybridized carbons (Fsp3) is 0.190. The van der Waals surface area contributed by atoms with Crippen LogP contribution < -0.4 is 15.8 Å². The average molecular weight is 531 g/mol. The van der Waals surface area contributed by atoms with Crippen molar-refractivity contribution in [3.05, 3.63) is 57.3 Å². The molecule has 0 radical (unpaired) electrons. The lowest BCUT2D eigenvalue weighted by atomic mass is 10.2. The quantitative estimate of drug-likeness (QED) is 0.0967. The minimum absolute atomic E-state index is 0.0920. The van der Waals surface area contributed by atoms with Gasteiger partial charge < -0.3 is 31.1 Å². The van der Waals surface area contributed by atoms with Crippen LogP contribution in [0.2, 0.25) is 0 Å². The van der Waals surface area contributed by atoms with Gasteiger partial charge in [-0.05, 0) is 49.4 Å². The number of ether oxygens (including phenoxy) is 1. The summed E-state index contributed by atoms with van der Waals surface area (Å²) in [6.45, 7) is 0.761. The average Bonchev–Trinajstić information content (AvgIpc) is 3.25. The first-order chi connectivity index (χ1) is 16.6. The van der Waals surface area contributed by atoms with Gasteiger partial charge in [0.2, 0.25) is 5.91 Å². The van der Waals surface area contributed by atoms with Gasteiger partial charge in [0, 0.05) is 16.0 Å². The van der Waals surface area contributed by atoms with Crippen LogP contribution in [0.25, 0.3) is 6.08 Å². The van der Waals surface area contributed by atoms with Gasteiger partial charge in [-0.3, -0.25) is 10.2 Å². The number of halogens is 3. The lowest BCUT2D eigenvalue weighted by molar-refractivity contribution is -0.192. The van der Waals surface area contributed by atoms with Crippen molar-refractivity contribution in [2.24, 2.45) is 5.73 Å². The highest BCUT2D eigenvalue weighted by Gasteiger charge is 2.38. The fourth-order valence-electron chi connectivity index (χ4n) is 2.14. The van der Waals surface area contributed by atoms with Crippen molar-refractivity contribution in [1.82, 2.24) is 5.32 Å². The molecule has 1 atom stereocenters. The summed E-state index contributed by atoms with van der Waals surface area (Å²) in [6.07, 6.45) is -3.59. The van der Waals surface area contributed by atoms with E-state index in [1.165, 1.54) is 25.1 Å². The maximum Gasteiger partial charge on any atom is 0.490 e. The summed E-state index contributed by atoms with van der Waals surface area (Å²) >= 11 is 1.09. The highest BCUT2D eigenvalue weighted by molar-refractivity contribution is 7.14. The normalized spacial score (nSPS) is 12.0. The summed E-state index contributed by atoms with van der Waals surface area (Å²) in [5.41, 5.74) is 6.09. The number of hydrogen-bond donors (Lipinski definition) is 6. The first-order valence-corrected chi connectivity index (χ1v) is 10.4. The summed E-state index contributed by atoms with van der Waals surface area (Å²) in [4.78, 5) is 44.9. The number of carbonyl (C=O) groups is 4. The molecule has 7 N–H and O–H groups in total. The molecular weight excluding hydrogens is 511 g/mol. The molecule has 1 heterocycles. The Kier molecular flexibility index (Phi) is 10.8. The van der Waals surface area contributed by atoms with E-state index in [2.05, 4.69) is 5.32 Å². The summed E-state index contributed by atoms with van der Waals surface area (Å²) in [6, 6.07) is 7.95. The van der Waals surface area contributed by atoms with E-state index >= 15 is 0 Å². The fourth-order valence-corrected chi connectivity index (χ4v) is 3.02. The molecule has 0 saturated heterocycles. The minimum atomic E-state index is -5.08. The molecule has 0 aliphatic rings. The Bertz CT molecular complexity index is 1160. The van der Waals surface area contributed by atoms with Crippen molar-refractivity contribution in [3.63, 3.8) is 0 Å². The summed E-state index contributed by atoms with van der Waals surface area (Å²) in [7, 11) is 0. The number of nitrogen functional groups attached to an aromatic ring is 1. The third kappa shape index (κ3) is 9.55. The van der Waals surface area contributed by atoms with Crippen LogP contribution >= 0.6 is 11.3 Å².